The van der Waals surface area contributed by atoms with E-state index in [0.29, 0.717) is 39.8 Å². The van der Waals surface area contributed by atoms with Gasteiger partial charge in [0.1, 0.15) is 11.3 Å². The summed E-state index contributed by atoms with van der Waals surface area (Å²) in [6, 6.07) is 20.0. The second kappa shape index (κ2) is 7.75. The Morgan fingerprint density at radius 1 is 0.969 bits per heavy atom. The molecule has 0 unspecified atom stereocenters. The molecule has 0 atom stereocenters. The highest BCUT2D eigenvalue weighted by Gasteiger charge is 2.19. The van der Waals surface area contributed by atoms with Gasteiger partial charge in [-0.2, -0.15) is 0 Å². The van der Waals surface area contributed by atoms with E-state index in [-0.39, 0.29) is 12.2 Å². The van der Waals surface area contributed by atoms with Crippen molar-refractivity contribution in [1.82, 2.24) is 24.1 Å². The first-order valence-corrected chi connectivity index (χ1v) is 10.0. The van der Waals surface area contributed by atoms with Gasteiger partial charge in [0.05, 0.1) is 23.6 Å². The lowest BCUT2D eigenvalue weighted by atomic mass is 10.2. The SMILES string of the molecule is Cn1c(-c2ccc3nc(-c4cccnc4N)n(-c4ccc(CO)cc4)c3n2)cccc1=O. The van der Waals surface area contributed by atoms with E-state index in [1.54, 1.807) is 23.9 Å². The van der Waals surface area contributed by atoms with Crippen molar-refractivity contribution in [2.75, 3.05) is 5.73 Å². The molecule has 0 aliphatic heterocycles. The van der Waals surface area contributed by atoms with Gasteiger partial charge in [-0.3, -0.25) is 9.36 Å². The molecule has 5 aromatic rings. The van der Waals surface area contributed by atoms with Gasteiger partial charge in [-0.15, -0.1) is 0 Å². The highest BCUT2D eigenvalue weighted by Crippen LogP contribution is 2.31. The van der Waals surface area contributed by atoms with Crippen LogP contribution in [-0.4, -0.2) is 29.2 Å². The number of pyridine rings is 3. The smallest absolute Gasteiger partial charge is 0.250 e. The van der Waals surface area contributed by atoms with E-state index < -0.39 is 0 Å². The molecular formula is C24H20N6O2. The van der Waals surface area contributed by atoms with E-state index in [9.17, 15) is 9.90 Å². The molecule has 0 aliphatic rings. The average Bonchev–Trinajstić information content (AvgIpc) is 3.19. The zero-order valence-electron chi connectivity index (χ0n) is 17.3. The molecule has 8 nitrogen and oxygen atoms in total. The first-order valence-electron chi connectivity index (χ1n) is 10.0. The lowest BCUT2D eigenvalue weighted by Gasteiger charge is -2.12. The van der Waals surface area contributed by atoms with Gasteiger partial charge in [-0.05, 0) is 48.0 Å². The molecule has 32 heavy (non-hydrogen) atoms. The molecule has 0 spiro atoms. The third-order valence-electron chi connectivity index (χ3n) is 5.41. The van der Waals surface area contributed by atoms with Gasteiger partial charge >= 0.3 is 0 Å². The summed E-state index contributed by atoms with van der Waals surface area (Å²) < 4.78 is 3.47. The van der Waals surface area contributed by atoms with Gasteiger partial charge in [0.25, 0.3) is 5.56 Å². The van der Waals surface area contributed by atoms with Crippen molar-refractivity contribution in [3.63, 3.8) is 0 Å². The number of aliphatic hydroxyl groups excluding tert-OH is 1. The number of benzene rings is 1. The average molecular weight is 424 g/mol. The number of aliphatic hydroxyl groups is 1. The number of rotatable bonds is 4. The zero-order chi connectivity index (χ0) is 22.2. The number of nitrogens with two attached hydrogens (primary N) is 1. The zero-order valence-corrected chi connectivity index (χ0v) is 17.3. The monoisotopic (exact) mass is 424 g/mol. The van der Waals surface area contributed by atoms with Crippen LogP contribution in [0.5, 0.6) is 0 Å². The Bertz CT molecular complexity index is 1500. The number of aromatic nitrogens is 5. The van der Waals surface area contributed by atoms with E-state index in [2.05, 4.69) is 4.98 Å². The molecule has 8 heteroatoms. The summed E-state index contributed by atoms with van der Waals surface area (Å²) in [6.45, 7) is -0.0438. The maximum Gasteiger partial charge on any atom is 0.250 e. The van der Waals surface area contributed by atoms with Crippen molar-refractivity contribution in [2.45, 2.75) is 6.61 Å². The minimum absolute atomic E-state index is 0.0438. The van der Waals surface area contributed by atoms with E-state index in [0.717, 1.165) is 11.3 Å². The second-order valence-electron chi connectivity index (χ2n) is 7.38. The fourth-order valence-corrected chi connectivity index (χ4v) is 3.70. The number of fused-ring (bicyclic) bond motifs is 1. The third-order valence-corrected chi connectivity index (χ3v) is 5.41. The van der Waals surface area contributed by atoms with Gasteiger partial charge in [0, 0.05) is 25.0 Å². The Hall–Kier alpha value is -4.30. The molecule has 5 rings (SSSR count). The molecule has 3 N–H and O–H groups in total. The molecule has 0 saturated heterocycles. The molecule has 0 fully saturated rings. The minimum Gasteiger partial charge on any atom is -0.392 e. The van der Waals surface area contributed by atoms with E-state index >= 15 is 0 Å². The Morgan fingerprint density at radius 3 is 2.53 bits per heavy atom. The van der Waals surface area contributed by atoms with Crippen LogP contribution in [0.25, 0.3) is 39.6 Å². The van der Waals surface area contributed by atoms with E-state index in [1.165, 1.54) is 6.07 Å². The number of nitrogens with zero attached hydrogens (tertiary/aromatic N) is 5. The standard InChI is InChI=1S/C24H20N6O2/c1-29-20(5-2-6-21(29)32)18-11-12-19-24(27-18)30(16-9-7-15(14-31)8-10-16)23(28-19)17-4-3-13-26-22(17)25/h2-13,31H,14H2,1H3,(H2,25,26). The number of imidazole rings is 1. The topological polar surface area (TPSA) is 112 Å². The lowest BCUT2D eigenvalue weighted by molar-refractivity contribution is 0.282. The van der Waals surface area contributed by atoms with Crippen LogP contribution in [0, 0.1) is 0 Å². The van der Waals surface area contributed by atoms with Crippen molar-refractivity contribution in [2.24, 2.45) is 7.05 Å². The Kier molecular flexibility index (Phi) is 4.76. The van der Waals surface area contributed by atoms with E-state index in [1.807, 2.05) is 59.2 Å². The lowest BCUT2D eigenvalue weighted by Crippen LogP contribution is -2.16. The van der Waals surface area contributed by atoms with Crippen molar-refractivity contribution < 1.29 is 5.11 Å². The highest BCUT2D eigenvalue weighted by molar-refractivity contribution is 5.84. The molecule has 1 aromatic carbocycles. The summed E-state index contributed by atoms with van der Waals surface area (Å²) in [5.74, 6) is 0.968. The van der Waals surface area contributed by atoms with Gasteiger partial charge in [-0.1, -0.05) is 18.2 Å². The molecule has 0 bridgehead atoms. The Morgan fingerprint density at radius 2 is 1.78 bits per heavy atom. The Labute approximate surface area is 183 Å². The number of nitrogen functional groups attached to an aromatic ring is 1. The summed E-state index contributed by atoms with van der Waals surface area (Å²) >= 11 is 0. The van der Waals surface area contributed by atoms with Crippen LogP contribution in [0.1, 0.15) is 5.56 Å². The van der Waals surface area contributed by atoms with E-state index in [4.69, 9.17) is 15.7 Å². The van der Waals surface area contributed by atoms with Gasteiger partial charge in [0.2, 0.25) is 0 Å². The van der Waals surface area contributed by atoms with Crippen LogP contribution in [0.4, 0.5) is 5.82 Å². The highest BCUT2D eigenvalue weighted by atomic mass is 16.3. The third kappa shape index (κ3) is 3.23. The predicted molar refractivity (Wildman–Crippen MR) is 123 cm³/mol. The molecule has 0 radical (unpaired) electrons. The minimum atomic E-state index is -0.110. The molecule has 0 saturated carbocycles. The van der Waals surface area contributed by atoms with Gasteiger partial charge in [0.15, 0.2) is 11.5 Å². The van der Waals surface area contributed by atoms with Crippen LogP contribution in [0.3, 0.4) is 0 Å². The normalized spacial score (nSPS) is 11.2. The first-order chi connectivity index (χ1) is 15.6. The fourth-order valence-electron chi connectivity index (χ4n) is 3.70. The summed E-state index contributed by atoms with van der Waals surface area (Å²) in [5, 5.41) is 9.43. The maximum absolute atomic E-state index is 12.1. The largest absolute Gasteiger partial charge is 0.392 e. The number of anilines is 1. The van der Waals surface area contributed by atoms with Gasteiger partial charge < -0.3 is 15.4 Å². The fraction of sp³-hybridized carbons (Fsp3) is 0.0833. The summed E-state index contributed by atoms with van der Waals surface area (Å²) in [4.78, 5) is 26.0. The summed E-state index contributed by atoms with van der Waals surface area (Å²) in [6.07, 6.45) is 1.63. The van der Waals surface area contributed by atoms with Crippen molar-refractivity contribution in [3.05, 3.63) is 88.8 Å². The molecular weight excluding hydrogens is 404 g/mol. The molecule has 158 valence electrons. The molecule has 0 amide bonds. The second-order valence-corrected chi connectivity index (χ2v) is 7.38. The Balaban J connectivity index is 1.81. The van der Waals surface area contributed by atoms with Crippen LogP contribution in [0.15, 0.2) is 77.7 Å². The predicted octanol–water partition coefficient (Wildman–Crippen LogP) is 2.92. The molecule has 4 aromatic heterocycles. The van der Waals surface area contributed by atoms with Crippen LogP contribution in [0.2, 0.25) is 0 Å². The maximum atomic E-state index is 12.1. The van der Waals surface area contributed by atoms with Crippen molar-refractivity contribution in [3.8, 4) is 28.5 Å². The van der Waals surface area contributed by atoms with Crippen molar-refractivity contribution >= 4 is 17.0 Å². The molecule has 0 aliphatic carbocycles. The molecule has 4 heterocycles. The number of hydrogen-bond donors (Lipinski definition) is 2. The number of hydrogen-bond acceptors (Lipinski definition) is 6. The summed E-state index contributed by atoms with van der Waals surface area (Å²) in [7, 11) is 1.72. The van der Waals surface area contributed by atoms with Crippen molar-refractivity contribution in [1.29, 1.82) is 0 Å². The van der Waals surface area contributed by atoms with Gasteiger partial charge in [-0.25, -0.2) is 15.0 Å². The quantitative estimate of drug-likeness (QED) is 0.459. The first kappa shape index (κ1) is 19.7. The van der Waals surface area contributed by atoms with Crippen LogP contribution >= 0.6 is 0 Å². The van der Waals surface area contributed by atoms with Crippen LogP contribution in [-0.2, 0) is 13.7 Å². The van der Waals surface area contributed by atoms with Crippen LogP contribution < -0.4 is 11.3 Å². The summed E-state index contributed by atoms with van der Waals surface area (Å²) in [5.41, 5.74) is 11.0.